The first-order valence-electron chi connectivity index (χ1n) is 5.16. The minimum Gasteiger partial charge on any atom is -0.465 e. The Balaban J connectivity index is 2.40. The van der Waals surface area contributed by atoms with Crippen LogP contribution in [0.4, 0.5) is 4.79 Å². The number of pyridine rings is 1. The highest BCUT2D eigenvalue weighted by molar-refractivity contribution is 9.10. The third-order valence-corrected chi connectivity index (χ3v) is 2.64. The van der Waals surface area contributed by atoms with Gasteiger partial charge in [0.15, 0.2) is 0 Å². The van der Waals surface area contributed by atoms with E-state index in [2.05, 4.69) is 20.9 Å². The molecule has 1 amide bonds. The number of halogens is 1. The van der Waals surface area contributed by atoms with Crippen molar-refractivity contribution in [1.82, 2.24) is 9.88 Å². The average molecular weight is 301 g/mol. The fourth-order valence-corrected chi connectivity index (χ4v) is 1.78. The van der Waals surface area contributed by atoms with E-state index < -0.39 is 6.09 Å². The third kappa shape index (κ3) is 4.95. The second kappa shape index (κ2) is 7.01. The van der Waals surface area contributed by atoms with Crippen LogP contribution in [-0.2, 0) is 11.2 Å². The number of aldehydes is 1. The lowest BCUT2D eigenvalue weighted by atomic mass is 10.2. The van der Waals surface area contributed by atoms with Gasteiger partial charge in [-0.1, -0.05) is 6.07 Å². The largest absolute Gasteiger partial charge is 0.465 e. The van der Waals surface area contributed by atoms with Crippen LogP contribution in [0.25, 0.3) is 0 Å². The minimum absolute atomic E-state index is 0.0821. The van der Waals surface area contributed by atoms with Gasteiger partial charge in [-0.3, -0.25) is 0 Å². The van der Waals surface area contributed by atoms with Crippen LogP contribution in [0.1, 0.15) is 12.1 Å². The molecular formula is C11H13BrN2O3. The number of aromatic nitrogens is 1. The number of hydrogen-bond acceptors (Lipinski definition) is 3. The third-order valence-electron chi connectivity index (χ3n) is 2.20. The molecule has 1 heterocycles. The van der Waals surface area contributed by atoms with E-state index in [0.717, 1.165) is 15.2 Å². The Hall–Kier alpha value is -1.43. The van der Waals surface area contributed by atoms with Crippen LogP contribution < -0.4 is 0 Å². The molecule has 0 bridgehead atoms. The van der Waals surface area contributed by atoms with Crippen LogP contribution in [0.3, 0.4) is 0 Å². The Morgan fingerprint density at radius 1 is 1.53 bits per heavy atom. The fraction of sp³-hybridized carbons (Fsp3) is 0.364. The SMILES string of the molecule is O=CCN(CCCc1cccc(Br)n1)C(=O)O. The van der Waals surface area contributed by atoms with Gasteiger partial charge >= 0.3 is 6.09 Å². The molecule has 17 heavy (non-hydrogen) atoms. The van der Waals surface area contributed by atoms with E-state index in [9.17, 15) is 9.59 Å². The number of carbonyl (C=O) groups is 2. The molecule has 0 spiro atoms. The smallest absolute Gasteiger partial charge is 0.407 e. The molecule has 0 radical (unpaired) electrons. The summed E-state index contributed by atoms with van der Waals surface area (Å²) in [6, 6.07) is 5.60. The van der Waals surface area contributed by atoms with Gasteiger partial charge in [-0.25, -0.2) is 9.78 Å². The zero-order valence-corrected chi connectivity index (χ0v) is 10.8. The van der Waals surface area contributed by atoms with Gasteiger partial charge in [0.05, 0.1) is 6.54 Å². The summed E-state index contributed by atoms with van der Waals surface area (Å²) >= 11 is 3.27. The number of rotatable bonds is 6. The van der Waals surface area contributed by atoms with Gasteiger partial charge in [0.25, 0.3) is 0 Å². The summed E-state index contributed by atoms with van der Waals surface area (Å²) in [7, 11) is 0. The molecule has 6 heteroatoms. The van der Waals surface area contributed by atoms with Crippen molar-refractivity contribution < 1.29 is 14.7 Å². The maximum Gasteiger partial charge on any atom is 0.407 e. The normalized spacial score (nSPS) is 9.94. The molecule has 1 rings (SSSR count). The monoisotopic (exact) mass is 300 g/mol. The molecule has 0 aliphatic carbocycles. The number of hydrogen-bond donors (Lipinski definition) is 1. The Kier molecular flexibility index (Phi) is 5.62. The average Bonchev–Trinajstić information content (AvgIpc) is 2.28. The number of aryl methyl sites for hydroxylation is 1. The van der Waals surface area contributed by atoms with Crippen molar-refractivity contribution in [2.24, 2.45) is 0 Å². The lowest BCUT2D eigenvalue weighted by Crippen LogP contribution is -2.32. The summed E-state index contributed by atoms with van der Waals surface area (Å²) < 4.78 is 0.762. The zero-order valence-electron chi connectivity index (χ0n) is 9.17. The van der Waals surface area contributed by atoms with Crippen LogP contribution >= 0.6 is 15.9 Å². The molecular weight excluding hydrogens is 288 g/mol. The molecule has 0 unspecified atom stereocenters. The molecule has 0 saturated heterocycles. The van der Waals surface area contributed by atoms with Crippen LogP contribution in [-0.4, -0.2) is 40.5 Å². The molecule has 0 atom stereocenters. The first-order chi connectivity index (χ1) is 8.13. The summed E-state index contributed by atoms with van der Waals surface area (Å²) in [6.45, 7) is 0.253. The highest BCUT2D eigenvalue weighted by Crippen LogP contribution is 2.08. The lowest BCUT2D eigenvalue weighted by Gasteiger charge is -2.15. The molecule has 0 aliphatic heterocycles. The summed E-state index contributed by atoms with van der Waals surface area (Å²) in [5.74, 6) is 0. The van der Waals surface area contributed by atoms with Crippen molar-refractivity contribution >= 4 is 28.3 Å². The molecule has 0 aliphatic rings. The quantitative estimate of drug-likeness (QED) is 0.644. The second-order valence-corrected chi connectivity index (χ2v) is 4.26. The fourth-order valence-electron chi connectivity index (χ4n) is 1.40. The van der Waals surface area contributed by atoms with Crippen molar-refractivity contribution in [3.8, 4) is 0 Å². The van der Waals surface area contributed by atoms with Crippen LogP contribution in [0.15, 0.2) is 22.8 Å². The van der Waals surface area contributed by atoms with E-state index in [1.807, 2.05) is 18.2 Å². The Bertz CT molecular complexity index is 398. The highest BCUT2D eigenvalue weighted by Gasteiger charge is 2.10. The Morgan fingerprint density at radius 3 is 2.88 bits per heavy atom. The molecule has 1 aromatic heterocycles. The molecule has 0 saturated carbocycles. The maximum absolute atomic E-state index is 10.7. The topological polar surface area (TPSA) is 70.5 Å². The Labute approximate surface area is 108 Å². The predicted octanol–water partition coefficient (Wildman–Crippen LogP) is 1.96. The first-order valence-corrected chi connectivity index (χ1v) is 5.95. The molecule has 1 N–H and O–H groups in total. The van der Waals surface area contributed by atoms with Gasteiger partial charge in [0.2, 0.25) is 0 Å². The van der Waals surface area contributed by atoms with Crippen molar-refractivity contribution in [3.63, 3.8) is 0 Å². The minimum atomic E-state index is -1.07. The number of carboxylic acid groups (broad SMARTS) is 1. The predicted molar refractivity (Wildman–Crippen MR) is 65.9 cm³/mol. The molecule has 1 aromatic rings. The van der Waals surface area contributed by atoms with Crippen molar-refractivity contribution in [2.75, 3.05) is 13.1 Å². The molecule has 0 aromatic carbocycles. The van der Waals surface area contributed by atoms with E-state index >= 15 is 0 Å². The molecule has 0 fully saturated rings. The standard InChI is InChI=1S/C11H13BrN2O3/c12-10-5-1-3-9(13-10)4-2-6-14(7-8-15)11(16)17/h1,3,5,8H,2,4,6-7H2,(H,16,17). The van der Waals surface area contributed by atoms with Gasteiger partial charge in [0, 0.05) is 12.2 Å². The van der Waals surface area contributed by atoms with Gasteiger partial charge in [-0.15, -0.1) is 0 Å². The van der Waals surface area contributed by atoms with Crippen LogP contribution in [0.5, 0.6) is 0 Å². The number of amides is 1. The second-order valence-electron chi connectivity index (χ2n) is 3.45. The molecule has 5 nitrogen and oxygen atoms in total. The zero-order chi connectivity index (χ0) is 12.7. The van der Waals surface area contributed by atoms with E-state index in [0.29, 0.717) is 25.7 Å². The van der Waals surface area contributed by atoms with E-state index in [-0.39, 0.29) is 6.54 Å². The Morgan fingerprint density at radius 2 is 2.29 bits per heavy atom. The first kappa shape index (κ1) is 13.6. The lowest BCUT2D eigenvalue weighted by molar-refractivity contribution is -0.108. The van der Waals surface area contributed by atoms with Crippen LogP contribution in [0, 0.1) is 0 Å². The number of nitrogens with zero attached hydrogens (tertiary/aromatic N) is 2. The van der Waals surface area contributed by atoms with Gasteiger partial charge < -0.3 is 14.8 Å². The van der Waals surface area contributed by atoms with E-state index in [1.54, 1.807) is 0 Å². The van der Waals surface area contributed by atoms with Crippen LogP contribution in [0.2, 0.25) is 0 Å². The van der Waals surface area contributed by atoms with Gasteiger partial charge in [-0.05, 0) is 40.9 Å². The van der Waals surface area contributed by atoms with Crippen molar-refractivity contribution in [2.45, 2.75) is 12.8 Å². The van der Waals surface area contributed by atoms with E-state index in [1.165, 1.54) is 0 Å². The molecule has 92 valence electrons. The maximum atomic E-state index is 10.7. The summed E-state index contributed by atoms with van der Waals surface area (Å²) in [5, 5.41) is 8.79. The summed E-state index contributed by atoms with van der Waals surface area (Å²) in [4.78, 5) is 26.3. The summed E-state index contributed by atoms with van der Waals surface area (Å²) in [6.07, 6.45) is 0.844. The van der Waals surface area contributed by atoms with Gasteiger partial charge in [0.1, 0.15) is 10.9 Å². The number of carbonyl (C=O) groups excluding carboxylic acids is 1. The van der Waals surface area contributed by atoms with Crippen molar-refractivity contribution in [3.05, 3.63) is 28.5 Å². The van der Waals surface area contributed by atoms with Gasteiger partial charge in [-0.2, -0.15) is 0 Å². The van der Waals surface area contributed by atoms with E-state index in [4.69, 9.17) is 5.11 Å². The summed E-state index contributed by atoms with van der Waals surface area (Å²) in [5.41, 5.74) is 0.899. The highest BCUT2D eigenvalue weighted by atomic mass is 79.9. The van der Waals surface area contributed by atoms with Crippen molar-refractivity contribution in [1.29, 1.82) is 0 Å².